The second-order valence-electron chi connectivity index (χ2n) is 6.03. The first-order valence-electron chi connectivity index (χ1n) is 7.51. The van der Waals surface area contributed by atoms with Gasteiger partial charge in [-0.3, -0.25) is 4.79 Å². The maximum Gasteiger partial charge on any atom is 0.247 e. The zero-order valence-electron chi connectivity index (χ0n) is 12.4. The molecule has 1 atom stereocenters. The minimum atomic E-state index is -3.02. The van der Waals surface area contributed by atoms with Crippen LogP contribution in [0.4, 0.5) is 0 Å². The van der Waals surface area contributed by atoms with Crippen molar-refractivity contribution in [2.75, 3.05) is 11.5 Å². The zero-order valence-corrected chi connectivity index (χ0v) is 14.7. The molecule has 1 aromatic carbocycles. The topological polar surface area (TPSA) is 54.5 Å². The molecule has 124 valence electrons. The molecule has 0 bridgehead atoms. The van der Waals surface area contributed by atoms with E-state index in [1.54, 1.807) is 29.2 Å². The van der Waals surface area contributed by atoms with Gasteiger partial charge < -0.3 is 4.90 Å². The van der Waals surface area contributed by atoms with Gasteiger partial charge in [-0.15, -0.1) is 0 Å². The molecule has 0 aromatic heterocycles. The van der Waals surface area contributed by atoms with E-state index in [1.165, 1.54) is 6.08 Å². The Bertz CT molecular complexity index is 757. The minimum Gasteiger partial charge on any atom is -0.332 e. The molecule has 1 saturated carbocycles. The van der Waals surface area contributed by atoms with Crippen molar-refractivity contribution in [3.8, 4) is 0 Å². The quantitative estimate of drug-likeness (QED) is 0.761. The van der Waals surface area contributed by atoms with Crippen molar-refractivity contribution in [2.45, 2.75) is 31.3 Å². The number of halogens is 2. The largest absolute Gasteiger partial charge is 0.332 e. The fraction of sp³-hybridized carbons (Fsp3) is 0.438. The molecule has 4 nitrogen and oxygen atoms in total. The number of hydrogen-bond donors (Lipinski definition) is 0. The summed E-state index contributed by atoms with van der Waals surface area (Å²) in [5, 5.41) is 1.06. The molecular weight excluding hydrogens is 357 g/mol. The maximum atomic E-state index is 12.6. The van der Waals surface area contributed by atoms with Crippen LogP contribution in [-0.4, -0.2) is 42.8 Å². The van der Waals surface area contributed by atoms with E-state index in [-0.39, 0.29) is 29.5 Å². The molecule has 1 amide bonds. The molecule has 2 fully saturated rings. The molecule has 23 heavy (non-hydrogen) atoms. The van der Waals surface area contributed by atoms with Gasteiger partial charge in [-0.05, 0) is 49.1 Å². The number of carbonyl (C=O) groups excluding carboxylic acids is 1. The Labute approximate surface area is 146 Å². The third-order valence-electron chi connectivity index (χ3n) is 4.16. The molecule has 1 unspecified atom stereocenters. The number of hydrogen-bond acceptors (Lipinski definition) is 3. The monoisotopic (exact) mass is 373 g/mol. The van der Waals surface area contributed by atoms with E-state index in [2.05, 4.69) is 0 Å². The molecule has 1 aliphatic carbocycles. The smallest absolute Gasteiger partial charge is 0.247 e. The van der Waals surface area contributed by atoms with Crippen molar-refractivity contribution in [3.63, 3.8) is 0 Å². The van der Waals surface area contributed by atoms with Gasteiger partial charge in [0.2, 0.25) is 5.91 Å². The van der Waals surface area contributed by atoms with Crippen molar-refractivity contribution in [1.82, 2.24) is 4.90 Å². The first-order valence-corrected chi connectivity index (χ1v) is 10.1. The van der Waals surface area contributed by atoms with Crippen LogP contribution in [0.3, 0.4) is 0 Å². The van der Waals surface area contributed by atoms with Gasteiger partial charge in [0.15, 0.2) is 9.84 Å². The molecule has 2 aliphatic rings. The average Bonchev–Trinajstić information content (AvgIpc) is 3.24. The van der Waals surface area contributed by atoms with Crippen LogP contribution in [0.15, 0.2) is 24.3 Å². The predicted octanol–water partition coefficient (Wildman–Crippen LogP) is 3.18. The lowest BCUT2D eigenvalue weighted by atomic mass is 10.2. The molecule has 1 saturated heterocycles. The molecule has 0 radical (unpaired) electrons. The second-order valence-corrected chi connectivity index (χ2v) is 9.11. The Morgan fingerprint density at radius 1 is 1.17 bits per heavy atom. The third kappa shape index (κ3) is 4.08. The van der Waals surface area contributed by atoms with E-state index in [4.69, 9.17) is 23.2 Å². The first-order chi connectivity index (χ1) is 10.9. The van der Waals surface area contributed by atoms with Crippen molar-refractivity contribution < 1.29 is 13.2 Å². The van der Waals surface area contributed by atoms with Gasteiger partial charge in [-0.2, -0.15) is 0 Å². The number of sulfone groups is 1. The van der Waals surface area contributed by atoms with Crippen LogP contribution in [-0.2, 0) is 14.6 Å². The van der Waals surface area contributed by atoms with Gasteiger partial charge in [-0.25, -0.2) is 8.42 Å². The zero-order chi connectivity index (χ0) is 16.6. The highest BCUT2D eigenvalue weighted by molar-refractivity contribution is 7.91. The number of nitrogens with zero attached hydrogens (tertiary/aromatic N) is 1. The van der Waals surface area contributed by atoms with E-state index >= 15 is 0 Å². The molecule has 1 aromatic rings. The summed E-state index contributed by atoms with van der Waals surface area (Å²) in [7, 11) is -3.02. The number of amides is 1. The summed E-state index contributed by atoms with van der Waals surface area (Å²) in [6.45, 7) is 0. The number of benzene rings is 1. The molecule has 7 heteroatoms. The average molecular weight is 374 g/mol. The van der Waals surface area contributed by atoms with E-state index in [9.17, 15) is 13.2 Å². The van der Waals surface area contributed by atoms with Gasteiger partial charge in [0.05, 0.1) is 11.5 Å². The SMILES string of the molecule is O=C(/C=C/c1cc(Cl)ccc1Cl)N(C1CC1)C1CCS(=O)(=O)C1. The van der Waals surface area contributed by atoms with Crippen LogP contribution in [0.5, 0.6) is 0 Å². The fourth-order valence-electron chi connectivity index (χ4n) is 2.89. The van der Waals surface area contributed by atoms with Gasteiger partial charge in [-0.1, -0.05) is 23.2 Å². The summed E-state index contributed by atoms with van der Waals surface area (Å²) >= 11 is 12.0. The molecule has 1 heterocycles. The Morgan fingerprint density at radius 3 is 2.52 bits per heavy atom. The van der Waals surface area contributed by atoms with E-state index in [1.807, 2.05) is 0 Å². The van der Waals surface area contributed by atoms with Crippen LogP contribution < -0.4 is 0 Å². The van der Waals surface area contributed by atoms with Gasteiger partial charge in [0.25, 0.3) is 0 Å². The normalized spacial score (nSPS) is 23.3. The maximum absolute atomic E-state index is 12.6. The van der Waals surface area contributed by atoms with E-state index in [0.29, 0.717) is 22.0 Å². The van der Waals surface area contributed by atoms with Crippen LogP contribution in [0.25, 0.3) is 6.08 Å². The minimum absolute atomic E-state index is 0.0704. The Balaban J connectivity index is 1.77. The predicted molar refractivity (Wildman–Crippen MR) is 92.4 cm³/mol. The van der Waals surface area contributed by atoms with Crippen molar-refractivity contribution >= 4 is 45.0 Å². The van der Waals surface area contributed by atoms with E-state index in [0.717, 1.165) is 12.8 Å². The molecule has 0 N–H and O–H groups in total. The van der Waals surface area contributed by atoms with Crippen molar-refractivity contribution in [3.05, 3.63) is 39.9 Å². The number of rotatable bonds is 4. The van der Waals surface area contributed by atoms with Crippen LogP contribution in [0.2, 0.25) is 10.0 Å². The highest BCUT2D eigenvalue weighted by Crippen LogP contribution is 2.32. The number of carbonyl (C=O) groups is 1. The Hall–Kier alpha value is -1.04. The van der Waals surface area contributed by atoms with Crippen LogP contribution in [0, 0.1) is 0 Å². The van der Waals surface area contributed by atoms with Gasteiger partial charge >= 0.3 is 0 Å². The summed E-state index contributed by atoms with van der Waals surface area (Å²) in [5.74, 6) is 0.0737. The van der Waals surface area contributed by atoms with Gasteiger partial charge in [0.1, 0.15) is 0 Å². The fourth-order valence-corrected chi connectivity index (χ4v) is 4.97. The molecule has 0 spiro atoms. The summed E-state index contributed by atoms with van der Waals surface area (Å²) in [5.41, 5.74) is 0.669. The second kappa shape index (κ2) is 6.46. The standard InChI is InChI=1S/C16H17Cl2NO3S/c17-12-2-5-15(18)11(9-12)1-6-16(20)19(13-3-4-13)14-7-8-23(21,22)10-14/h1-2,5-6,9,13-14H,3-4,7-8,10H2/b6-1+. The molecular formula is C16H17Cl2NO3S. The van der Waals surface area contributed by atoms with Crippen molar-refractivity contribution in [1.29, 1.82) is 0 Å². The third-order valence-corrected chi connectivity index (χ3v) is 6.49. The highest BCUT2D eigenvalue weighted by atomic mass is 35.5. The lowest BCUT2D eigenvalue weighted by Crippen LogP contribution is -2.41. The van der Waals surface area contributed by atoms with E-state index < -0.39 is 9.84 Å². The summed E-state index contributed by atoms with van der Waals surface area (Å²) in [6, 6.07) is 5.01. The lowest BCUT2D eigenvalue weighted by Gasteiger charge is -2.27. The van der Waals surface area contributed by atoms with Crippen LogP contribution >= 0.6 is 23.2 Å². The van der Waals surface area contributed by atoms with Crippen LogP contribution in [0.1, 0.15) is 24.8 Å². The highest BCUT2D eigenvalue weighted by Gasteiger charge is 2.41. The summed E-state index contributed by atoms with van der Waals surface area (Å²) in [6.07, 6.45) is 5.49. The lowest BCUT2D eigenvalue weighted by molar-refractivity contribution is -0.128. The first kappa shape index (κ1) is 16.8. The van der Waals surface area contributed by atoms with Crippen molar-refractivity contribution in [2.24, 2.45) is 0 Å². The summed E-state index contributed by atoms with van der Waals surface area (Å²) < 4.78 is 23.4. The Kier molecular flexibility index (Phi) is 4.72. The Morgan fingerprint density at radius 2 is 1.91 bits per heavy atom. The molecule has 3 rings (SSSR count). The van der Waals surface area contributed by atoms with Gasteiger partial charge in [0, 0.05) is 28.2 Å². The summed E-state index contributed by atoms with van der Waals surface area (Å²) in [4.78, 5) is 14.3. The molecule has 1 aliphatic heterocycles.